The smallest absolute Gasteiger partial charge is 0.260 e. The third-order valence-corrected chi connectivity index (χ3v) is 5.64. The Bertz CT molecular complexity index is 965. The largest absolute Gasteiger partial charge is 0.494 e. The van der Waals surface area contributed by atoms with Gasteiger partial charge >= 0.3 is 0 Å². The molecule has 0 atom stereocenters. The molecule has 2 aromatic carbocycles. The normalized spacial score (nSPS) is 11.2. The van der Waals surface area contributed by atoms with E-state index >= 15 is 0 Å². The average Bonchev–Trinajstić information content (AvgIpc) is 3.08. The second kappa shape index (κ2) is 8.06. The van der Waals surface area contributed by atoms with Gasteiger partial charge in [-0.2, -0.15) is 0 Å². The number of carbonyl (C=O) groups excluding carboxylic acids is 1. The lowest BCUT2D eigenvalue weighted by Gasteiger charge is -2.22. The zero-order valence-electron chi connectivity index (χ0n) is 16.4. The Morgan fingerprint density at radius 3 is 2.59 bits per heavy atom. The fourth-order valence-electron chi connectivity index (χ4n) is 2.90. The topological polar surface area (TPSA) is 45.7 Å². The highest BCUT2D eigenvalue weighted by molar-refractivity contribution is 7.22. The number of hydrogen-bond acceptors (Lipinski definition) is 5. The zero-order chi connectivity index (χ0) is 19.6. The van der Waals surface area contributed by atoms with Crippen LogP contribution < -0.4 is 9.64 Å². The molecule has 142 valence electrons. The lowest BCUT2D eigenvalue weighted by molar-refractivity contribution is 0.0985. The molecule has 0 aliphatic rings. The summed E-state index contributed by atoms with van der Waals surface area (Å²) in [7, 11) is 5.65. The molecule has 27 heavy (non-hydrogen) atoms. The minimum atomic E-state index is -0.0313. The number of amides is 1. The molecule has 0 saturated heterocycles. The van der Waals surface area contributed by atoms with Gasteiger partial charge < -0.3 is 9.64 Å². The molecular formula is C21H25N3O2S. The van der Waals surface area contributed by atoms with Crippen LogP contribution >= 0.6 is 11.3 Å². The Morgan fingerprint density at radius 2 is 1.93 bits per heavy atom. The number of anilines is 1. The molecule has 0 aliphatic carbocycles. The number of hydrogen-bond donors (Lipinski definition) is 0. The monoisotopic (exact) mass is 383 g/mol. The van der Waals surface area contributed by atoms with Gasteiger partial charge in [-0.25, -0.2) is 4.98 Å². The summed E-state index contributed by atoms with van der Waals surface area (Å²) in [4.78, 5) is 21.9. The second-order valence-corrected chi connectivity index (χ2v) is 7.87. The van der Waals surface area contributed by atoms with E-state index in [1.54, 1.807) is 12.0 Å². The van der Waals surface area contributed by atoms with E-state index in [4.69, 9.17) is 9.72 Å². The van der Waals surface area contributed by atoms with Crippen molar-refractivity contribution >= 4 is 32.6 Å². The van der Waals surface area contributed by atoms with Crippen molar-refractivity contribution in [1.29, 1.82) is 0 Å². The first kappa shape index (κ1) is 19.3. The van der Waals surface area contributed by atoms with Gasteiger partial charge in [-0.3, -0.25) is 9.69 Å². The number of nitrogens with zero attached hydrogens (tertiary/aromatic N) is 3. The second-order valence-electron chi connectivity index (χ2n) is 6.89. The molecule has 0 N–H and O–H groups in total. The highest BCUT2D eigenvalue weighted by Crippen LogP contribution is 2.36. The molecule has 0 fully saturated rings. The van der Waals surface area contributed by atoms with Crippen molar-refractivity contribution in [2.45, 2.75) is 13.8 Å². The fraction of sp³-hybridized carbons (Fsp3) is 0.333. The van der Waals surface area contributed by atoms with Crippen LogP contribution in [-0.2, 0) is 0 Å². The Balaban J connectivity index is 2.06. The lowest BCUT2D eigenvalue weighted by Crippen LogP contribution is -2.36. The van der Waals surface area contributed by atoms with Crippen molar-refractivity contribution in [3.05, 3.63) is 53.1 Å². The Morgan fingerprint density at radius 1 is 1.15 bits per heavy atom. The van der Waals surface area contributed by atoms with Crippen LogP contribution in [0.4, 0.5) is 5.13 Å². The molecule has 1 aromatic heterocycles. The van der Waals surface area contributed by atoms with Crippen molar-refractivity contribution in [3.63, 3.8) is 0 Å². The van der Waals surface area contributed by atoms with Gasteiger partial charge in [0.1, 0.15) is 11.3 Å². The molecule has 1 heterocycles. The molecule has 3 aromatic rings. The molecule has 5 nitrogen and oxygen atoms in total. The molecule has 0 unspecified atom stereocenters. The van der Waals surface area contributed by atoms with Crippen molar-refractivity contribution in [1.82, 2.24) is 9.88 Å². The number of thiazole rings is 1. The van der Waals surface area contributed by atoms with Crippen molar-refractivity contribution in [2.75, 3.05) is 39.2 Å². The summed E-state index contributed by atoms with van der Waals surface area (Å²) >= 11 is 1.54. The fourth-order valence-corrected chi connectivity index (χ4v) is 3.97. The summed E-state index contributed by atoms with van der Waals surface area (Å²) in [6.45, 7) is 5.37. The molecule has 3 rings (SSSR count). The van der Waals surface area contributed by atoms with Crippen LogP contribution in [0.5, 0.6) is 5.75 Å². The Hall–Kier alpha value is -2.44. The number of fused-ring (bicyclic) bond motifs is 1. The first-order valence-electron chi connectivity index (χ1n) is 8.88. The standard InChI is InChI=1S/C21H25N3O2S/c1-14-7-6-8-16(13-14)20(25)24(12-11-23(3)4)21-22-18-17(26-5)10-9-15(2)19(18)27-21/h6-10,13H,11-12H2,1-5H3. The number of ether oxygens (including phenoxy) is 1. The molecule has 0 saturated carbocycles. The van der Waals surface area contributed by atoms with E-state index in [9.17, 15) is 4.79 Å². The van der Waals surface area contributed by atoms with Crippen LogP contribution in [0.2, 0.25) is 0 Å². The van der Waals surface area contributed by atoms with E-state index in [0.29, 0.717) is 17.2 Å². The molecular weight excluding hydrogens is 358 g/mol. The SMILES string of the molecule is COc1ccc(C)c2sc(N(CCN(C)C)C(=O)c3cccc(C)c3)nc12. The highest BCUT2D eigenvalue weighted by atomic mass is 32.1. The van der Waals surface area contributed by atoms with E-state index < -0.39 is 0 Å². The van der Waals surface area contributed by atoms with Gasteiger partial charge in [-0.1, -0.05) is 35.1 Å². The molecule has 0 aliphatic heterocycles. The number of aromatic nitrogens is 1. The summed E-state index contributed by atoms with van der Waals surface area (Å²) in [5, 5.41) is 0.700. The Kier molecular flexibility index (Phi) is 5.77. The molecule has 0 spiro atoms. The van der Waals surface area contributed by atoms with Crippen LogP contribution in [0.25, 0.3) is 10.2 Å². The highest BCUT2D eigenvalue weighted by Gasteiger charge is 2.23. The van der Waals surface area contributed by atoms with Crippen LogP contribution in [0.15, 0.2) is 36.4 Å². The first-order valence-corrected chi connectivity index (χ1v) is 9.69. The van der Waals surface area contributed by atoms with Gasteiger partial charge in [0.15, 0.2) is 5.13 Å². The van der Waals surface area contributed by atoms with E-state index in [2.05, 4.69) is 11.8 Å². The maximum absolute atomic E-state index is 13.3. The van der Waals surface area contributed by atoms with E-state index in [1.807, 2.05) is 57.4 Å². The van der Waals surface area contributed by atoms with Crippen molar-refractivity contribution in [2.24, 2.45) is 0 Å². The van der Waals surface area contributed by atoms with Gasteiger partial charge in [0, 0.05) is 18.7 Å². The van der Waals surface area contributed by atoms with E-state index in [0.717, 1.165) is 33.6 Å². The third-order valence-electron chi connectivity index (χ3n) is 4.42. The lowest BCUT2D eigenvalue weighted by atomic mass is 10.1. The molecule has 0 bridgehead atoms. The molecule has 0 radical (unpaired) electrons. The number of aryl methyl sites for hydroxylation is 2. The Labute approximate surface area is 164 Å². The first-order chi connectivity index (χ1) is 12.9. The van der Waals surface area contributed by atoms with Gasteiger partial charge in [-0.05, 0) is 51.7 Å². The summed E-state index contributed by atoms with van der Waals surface area (Å²) < 4.78 is 6.52. The molecule has 6 heteroatoms. The van der Waals surface area contributed by atoms with Crippen LogP contribution in [0.3, 0.4) is 0 Å². The number of methoxy groups -OCH3 is 1. The minimum Gasteiger partial charge on any atom is -0.494 e. The number of carbonyl (C=O) groups is 1. The van der Waals surface area contributed by atoms with Crippen LogP contribution in [-0.4, -0.2) is 50.1 Å². The molecule has 1 amide bonds. The maximum atomic E-state index is 13.3. The summed E-state index contributed by atoms with van der Waals surface area (Å²) in [5.41, 5.74) is 3.68. The van der Waals surface area contributed by atoms with Crippen LogP contribution in [0.1, 0.15) is 21.5 Å². The van der Waals surface area contributed by atoms with E-state index in [1.165, 1.54) is 11.3 Å². The van der Waals surface area contributed by atoms with Gasteiger partial charge in [0.2, 0.25) is 0 Å². The summed E-state index contributed by atoms with van der Waals surface area (Å²) in [6.07, 6.45) is 0. The predicted octanol–water partition coefficient (Wildman–Crippen LogP) is 4.13. The van der Waals surface area contributed by atoms with Crippen LogP contribution in [0, 0.1) is 13.8 Å². The minimum absolute atomic E-state index is 0.0313. The number of likely N-dealkylation sites (N-methyl/N-ethyl adjacent to an activating group) is 1. The predicted molar refractivity (Wildman–Crippen MR) is 112 cm³/mol. The average molecular weight is 384 g/mol. The third kappa shape index (κ3) is 4.12. The van der Waals surface area contributed by atoms with Gasteiger partial charge in [0.05, 0.1) is 11.8 Å². The van der Waals surface area contributed by atoms with Gasteiger partial charge in [-0.15, -0.1) is 0 Å². The van der Waals surface area contributed by atoms with Gasteiger partial charge in [0.25, 0.3) is 5.91 Å². The quantitative estimate of drug-likeness (QED) is 0.642. The zero-order valence-corrected chi connectivity index (χ0v) is 17.3. The number of rotatable bonds is 6. The summed E-state index contributed by atoms with van der Waals surface area (Å²) in [5.74, 6) is 0.699. The van der Waals surface area contributed by atoms with Crippen molar-refractivity contribution < 1.29 is 9.53 Å². The number of benzene rings is 2. The van der Waals surface area contributed by atoms with Crippen molar-refractivity contribution in [3.8, 4) is 5.75 Å². The maximum Gasteiger partial charge on any atom is 0.260 e. The summed E-state index contributed by atoms with van der Waals surface area (Å²) in [6, 6.07) is 11.6. The van der Waals surface area contributed by atoms with E-state index in [-0.39, 0.29) is 5.91 Å².